The lowest BCUT2D eigenvalue weighted by atomic mass is 10.2. The van der Waals surface area contributed by atoms with Gasteiger partial charge in [0.25, 0.3) is 5.56 Å². The van der Waals surface area contributed by atoms with Gasteiger partial charge in [-0.3, -0.25) is 4.79 Å². The Balaban J connectivity index is 1.74. The Hall–Kier alpha value is -3.94. The Bertz CT molecular complexity index is 1200. The van der Waals surface area contributed by atoms with Crippen molar-refractivity contribution in [1.29, 1.82) is 0 Å². The zero-order chi connectivity index (χ0) is 18.8. The van der Waals surface area contributed by atoms with Crippen molar-refractivity contribution in [3.63, 3.8) is 0 Å². The average Bonchev–Trinajstić information content (AvgIpc) is 3.14. The number of hydrogen-bond donors (Lipinski definition) is 1. The van der Waals surface area contributed by atoms with Gasteiger partial charge in [0, 0.05) is 5.56 Å². The maximum absolute atomic E-state index is 12.7. The molecular formula is C19H15N5O3. The van der Waals surface area contributed by atoms with Crippen molar-refractivity contribution in [2.75, 3.05) is 7.11 Å². The molecule has 0 saturated carbocycles. The maximum Gasteiger partial charge on any atom is 0.285 e. The van der Waals surface area contributed by atoms with E-state index in [2.05, 4.69) is 15.2 Å². The van der Waals surface area contributed by atoms with Gasteiger partial charge in [-0.05, 0) is 24.3 Å². The van der Waals surface area contributed by atoms with E-state index in [1.54, 1.807) is 22.9 Å². The van der Waals surface area contributed by atoms with Gasteiger partial charge in [0.15, 0.2) is 17.1 Å². The highest BCUT2D eigenvalue weighted by atomic mass is 16.5. The number of hydrogen-bond acceptors (Lipinski definition) is 6. The Morgan fingerprint density at radius 3 is 2.74 bits per heavy atom. The molecule has 134 valence electrons. The number of methoxy groups -OCH3 is 1. The SMILES string of the molecule is COc1cccc(/C=N/n2cnc3c(cnn3-c3ccccc3)c2=O)c1O. The Morgan fingerprint density at radius 1 is 1.15 bits per heavy atom. The van der Waals surface area contributed by atoms with Crippen LogP contribution in [0.2, 0.25) is 0 Å². The standard InChI is InChI=1S/C19H15N5O3/c1-27-16-9-5-6-13(17(16)25)10-21-23-12-20-18-15(19(23)26)11-22-24(18)14-7-3-2-4-8-14/h2-12,25H,1H3/b21-10+. The summed E-state index contributed by atoms with van der Waals surface area (Å²) in [6.45, 7) is 0. The van der Waals surface area contributed by atoms with Crippen molar-refractivity contribution in [2.24, 2.45) is 5.10 Å². The summed E-state index contributed by atoms with van der Waals surface area (Å²) in [5, 5.41) is 18.8. The number of rotatable bonds is 4. The smallest absolute Gasteiger partial charge is 0.285 e. The summed E-state index contributed by atoms with van der Waals surface area (Å²) in [4.78, 5) is 17.0. The molecule has 1 N–H and O–H groups in total. The first kappa shape index (κ1) is 16.5. The Labute approximate surface area is 153 Å². The minimum absolute atomic E-state index is 0.0530. The zero-order valence-electron chi connectivity index (χ0n) is 14.4. The highest BCUT2D eigenvalue weighted by Gasteiger charge is 2.11. The fraction of sp³-hybridized carbons (Fsp3) is 0.0526. The van der Waals surface area contributed by atoms with Crippen molar-refractivity contribution < 1.29 is 9.84 Å². The predicted octanol–water partition coefficient (Wildman–Crippen LogP) is 2.18. The molecule has 4 aromatic rings. The van der Waals surface area contributed by atoms with Crippen LogP contribution in [0, 0.1) is 0 Å². The van der Waals surface area contributed by atoms with E-state index in [-0.39, 0.29) is 11.3 Å². The molecule has 8 heteroatoms. The van der Waals surface area contributed by atoms with Gasteiger partial charge in [0.05, 0.1) is 25.2 Å². The van der Waals surface area contributed by atoms with Crippen LogP contribution in [-0.4, -0.2) is 37.9 Å². The van der Waals surface area contributed by atoms with E-state index in [4.69, 9.17) is 4.74 Å². The lowest BCUT2D eigenvalue weighted by molar-refractivity contribution is 0.373. The van der Waals surface area contributed by atoms with Crippen LogP contribution in [0.4, 0.5) is 0 Å². The minimum Gasteiger partial charge on any atom is -0.504 e. The highest BCUT2D eigenvalue weighted by molar-refractivity contribution is 5.84. The summed E-state index contributed by atoms with van der Waals surface area (Å²) < 4.78 is 7.75. The third-order valence-electron chi connectivity index (χ3n) is 4.04. The molecule has 27 heavy (non-hydrogen) atoms. The molecule has 2 aromatic heterocycles. The third-order valence-corrected chi connectivity index (χ3v) is 4.04. The van der Waals surface area contributed by atoms with E-state index < -0.39 is 0 Å². The molecule has 0 radical (unpaired) electrons. The quantitative estimate of drug-likeness (QED) is 0.562. The second kappa shape index (κ2) is 6.75. The van der Waals surface area contributed by atoms with E-state index in [1.165, 1.54) is 25.8 Å². The van der Waals surface area contributed by atoms with E-state index in [0.717, 1.165) is 10.4 Å². The van der Waals surface area contributed by atoms with Crippen LogP contribution in [0.1, 0.15) is 5.56 Å². The third kappa shape index (κ3) is 2.93. The van der Waals surface area contributed by atoms with Crippen molar-refractivity contribution in [3.05, 3.63) is 77.0 Å². The van der Waals surface area contributed by atoms with E-state index >= 15 is 0 Å². The van der Waals surface area contributed by atoms with Crippen LogP contribution in [0.5, 0.6) is 11.5 Å². The largest absolute Gasteiger partial charge is 0.504 e. The molecule has 0 aliphatic heterocycles. The molecule has 0 fully saturated rings. The van der Waals surface area contributed by atoms with Gasteiger partial charge in [0.1, 0.15) is 11.7 Å². The number of benzene rings is 2. The fourth-order valence-corrected chi connectivity index (χ4v) is 2.68. The number of aromatic hydroxyl groups is 1. The maximum atomic E-state index is 12.7. The number of para-hydroxylation sites is 2. The predicted molar refractivity (Wildman–Crippen MR) is 101 cm³/mol. The van der Waals surface area contributed by atoms with Gasteiger partial charge in [-0.25, -0.2) is 9.67 Å². The monoisotopic (exact) mass is 361 g/mol. The molecule has 0 bridgehead atoms. The van der Waals surface area contributed by atoms with Crippen LogP contribution < -0.4 is 10.3 Å². The summed E-state index contributed by atoms with van der Waals surface area (Å²) >= 11 is 0. The van der Waals surface area contributed by atoms with Gasteiger partial charge in [-0.1, -0.05) is 24.3 Å². The van der Waals surface area contributed by atoms with Crippen molar-refractivity contribution in [1.82, 2.24) is 19.4 Å². The molecule has 0 unspecified atom stereocenters. The van der Waals surface area contributed by atoms with Crippen LogP contribution in [0.15, 0.2) is 71.0 Å². The molecule has 0 aliphatic carbocycles. The summed E-state index contributed by atoms with van der Waals surface area (Å²) in [6.07, 6.45) is 4.15. The number of nitrogens with zero attached hydrogens (tertiary/aromatic N) is 5. The van der Waals surface area contributed by atoms with Gasteiger partial charge in [-0.15, -0.1) is 0 Å². The number of phenols is 1. The molecule has 4 rings (SSSR count). The fourth-order valence-electron chi connectivity index (χ4n) is 2.68. The van der Waals surface area contributed by atoms with Gasteiger partial charge >= 0.3 is 0 Å². The lowest BCUT2D eigenvalue weighted by Gasteiger charge is -2.05. The van der Waals surface area contributed by atoms with E-state index in [0.29, 0.717) is 22.3 Å². The van der Waals surface area contributed by atoms with E-state index in [9.17, 15) is 9.90 Å². The van der Waals surface area contributed by atoms with Gasteiger partial charge in [0.2, 0.25) is 0 Å². The summed E-state index contributed by atoms with van der Waals surface area (Å²) in [5.41, 5.74) is 1.31. The summed E-state index contributed by atoms with van der Waals surface area (Å²) in [6, 6.07) is 14.4. The lowest BCUT2D eigenvalue weighted by Crippen LogP contribution is -2.17. The second-order valence-corrected chi connectivity index (χ2v) is 5.67. The zero-order valence-corrected chi connectivity index (χ0v) is 14.4. The minimum atomic E-state index is -0.360. The molecule has 0 spiro atoms. The first-order valence-electron chi connectivity index (χ1n) is 8.10. The van der Waals surface area contributed by atoms with Crippen LogP contribution in [0.3, 0.4) is 0 Å². The summed E-state index contributed by atoms with van der Waals surface area (Å²) in [7, 11) is 1.46. The number of fused-ring (bicyclic) bond motifs is 1. The average molecular weight is 361 g/mol. The molecule has 8 nitrogen and oxygen atoms in total. The first-order chi connectivity index (χ1) is 13.2. The topological polar surface area (TPSA) is 94.5 Å². The van der Waals surface area contributed by atoms with Crippen molar-refractivity contribution in [3.8, 4) is 17.2 Å². The van der Waals surface area contributed by atoms with Crippen molar-refractivity contribution >= 4 is 17.2 Å². The molecule has 2 aromatic carbocycles. The molecule has 0 aliphatic rings. The number of ether oxygens (including phenoxy) is 1. The van der Waals surface area contributed by atoms with E-state index in [1.807, 2.05) is 30.3 Å². The normalized spacial score (nSPS) is 11.3. The molecule has 0 amide bonds. The Kier molecular flexibility index (Phi) is 4.13. The highest BCUT2D eigenvalue weighted by Crippen LogP contribution is 2.28. The van der Waals surface area contributed by atoms with Crippen LogP contribution in [0.25, 0.3) is 16.7 Å². The molecular weight excluding hydrogens is 346 g/mol. The Morgan fingerprint density at radius 2 is 1.96 bits per heavy atom. The van der Waals surface area contributed by atoms with Gasteiger partial charge in [-0.2, -0.15) is 14.9 Å². The van der Waals surface area contributed by atoms with Crippen molar-refractivity contribution in [2.45, 2.75) is 0 Å². The van der Waals surface area contributed by atoms with Crippen LogP contribution >= 0.6 is 0 Å². The van der Waals surface area contributed by atoms with Crippen LogP contribution in [-0.2, 0) is 0 Å². The molecule has 2 heterocycles. The second-order valence-electron chi connectivity index (χ2n) is 5.67. The number of aromatic nitrogens is 4. The molecule has 0 saturated heterocycles. The van der Waals surface area contributed by atoms with Gasteiger partial charge < -0.3 is 9.84 Å². The first-order valence-corrected chi connectivity index (χ1v) is 8.10. The summed E-state index contributed by atoms with van der Waals surface area (Å²) in [5.74, 6) is 0.270. The number of phenolic OH excluding ortho intramolecular Hbond substituents is 1. The molecule has 0 atom stereocenters.